The van der Waals surface area contributed by atoms with E-state index >= 15 is 0 Å². The van der Waals surface area contributed by atoms with Crippen LogP contribution in [-0.2, 0) is 18.6 Å². The molecule has 0 radical (unpaired) electrons. The van der Waals surface area contributed by atoms with E-state index in [9.17, 15) is 5.11 Å². The van der Waals surface area contributed by atoms with Gasteiger partial charge in [-0.2, -0.15) is 0 Å². The van der Waals surface area contributed by atoms with E-state index in [0.29, 0.717) is 17.6 Å². The molecule has 0 bridgehead atoms. The third-order valence-corrected chi connectivity index (χ3v) is 6.67. The SMILES string of the molecule is CC(O)(Cn1c2c(c3cc(Cl)cnc31)C1CCCCN1CC2)c1ccccc1. The first kappa shape index (κ1) is 18.2. The summed E-state index contributed by atoms with van der Waals surface area (Å²) in [5.41, 5.74) is 3.61. The summed E-state index contributed by atoms with van der Waals surface area (Å²) in [6, 6.07) is 12.4. The lowest BCUT2D eigenvalue weighted by Gasteiger charge is -2.40. The van der Waals surface area contributed by atoms with Gasteiger partial charge in [0.2, 0.25) is 0 Å². The van der Waals surface area contributed by atoms with Crippen molar-refractivity contribution in [3.63, 3.8) is 0 Å². The highest BCUT2D eigenvalue weighted by Crippen LogP contribution is 2.43. The van der Waals surface area contributed by atoms with Crippen LogP contribution < -0.4 is 0 Å². The van der Waals surface area contributed by atoms with Gasteiger partial charge in [-0.3, -0.25) is 4.90 Å². The monoisotopic (exact) mass is 395 g/mol. The van der Waals surface area contributed by atoms with Gasteiger partial charge in [-0.15, -0.1) is 0 Å². The maximum atomic E-state index is 11.3. The van der Waals surface area contributed by atoms with Crippen LogP contribution in [0.3, 0.4) is 0 Å². The molecule has 0 aliphatic carbocycles. The van der Waals surface area contributed by atoms with E-state index in [0.717, 1.165) is 29.6 Å². The zero-order valence-electron chi connectivity index (χ0n) is 16.2. The van der Waals surface area contributed by atoms with Crippen molar-refractivity contribution < 1.29 is 5.11 Å². The summed E-state index contributed by atoms with van der Waals surface area (Å²) in [6.07, 6.45) is 6.45. The highest BCUT2D eigenvalue weighted by atomic mass is 35.5. The first-order chi connectivity index (χ1) is 13.5. The van der Waals surface area contributed by atoms with Gasteiger partial charge in [-0.1, -0.05) is 48.4 Å². The molecular weight excluding hydrogens is 370 g/mol. The van der Waals surface area contributed by atoms with E-state index < -0.39 is 5.60 Å². The van der Waals surface area contributed by atoms with E-state index in [2.05, 4.69) is 15.5 Å². The molecule has 28 heavy (non-hydrogen) atoms. The summed E-state index contributed by atoms with van der Waals surface area (Å²) in [4.78, 5) is 7.32. The Morgan fingerprint density at radius 2 is 2.04 bits per heavy atom. The zero-order valence-corrected chi connectivity index (χ0v) is 17.0. The third kappa shape index (κ3) is 2.95. The molecule has 0 amide bonds. The fourth-order valence-electron chi connectivity index (χ4n) is 5.12. The highest BCUT2D eigenvalue weighted by molar-refractivity contribution is 6.31. The highest BCUT2D eigenvalue weighted by Gasteiger charge is 2.36. The van der Waals surface area contributed by atoms with Crippen molar-refractivity contribution in [1.29, 1.82) is 0 Å². The predicted molar refractivity (Wildman–Crippen MR) is 113 cm³/mol. The van der Waals surface area contributed by atoms with Gasteiger partial charge in [0.15, 0.2) is 0 Å². The molecule has 2 aromatic heterocycles. The molecule has 0 saturated carbocycles. The van der Waals surface area contributed by atoms with Crippen LogP contribution >= 0.6 is 11.6 Å². The van der Waals surface area contributed by atoms with Gasteiger partial charge in [0.05, 0.1) is 11.6 Å². The fourth-order valence-corrected chi connectivity index (χ4v) is 5.28. The van der Waals surface area contributed by atoms with Crippen molar-refractivity contribution >= 4 is 22.6 Å². The summed E-state index contributed by atoms with van der Waals surface area (Å²) in [6.45, 7) is 4.64. The molecular formula is C23H26ClN3O. The van der Waals surface area contributed by atoms with Crippen LogP contribution in [0.4, 0.5) is 0 Å². The maximum absolute atomic E-state index is 11.3. The number of piperidine rings is 1. The Balaban J connectivity index is 1.66. The van der Waals surface area contributed by atoms with Crippen LogP contribution in [0.1, 0.15) is 49.0 Å². The van der Waals surface area contributed by atoms with E-state index in [1.54, 1.807) is 6.20 Å². The second-order valence-corrected chi connectivity index (χ2v) is 8.85. The molecule has 2 aliphatic heterocycles. The summed E-state index contributed by atoms with van der Waals surface area (Å²) in [7, 11) is 0. The van der Waals surface area contributed by atoms with E-state index in [-0.39, 0.29) is 0 Å². The molecule has 1 fully saturated rings. The van der Waals surface area contributed by atoms with Gasteiger partial charge >= 0.3 is 0 Å². The molecule has 4 nitrogen and oxygen atoms in total. The average Bonchev–Trinajstić information content (AvgIpc) is 3.01. The number of halogens is 1. The van der Waals surface area contributed by atoms with Crippen molar-refractivity contribution in [2.75, 3.05) is 13.1 Å². The van der Waals surface area contributed by atoms with Crippen LogP contribution in [0.15, 0.2) is 42.6 Å². The second kappa shape index (κ2) is 6.87. The number of aromatic nitrogens is 2. The van der Waals surface area contributed by atoms with Crippen molar-refractivity contribution in [1.82, 2.24) is 14.5 Å². The smallest absolute Gasteiger partial charge is 0.140 e. The van der Waals surface area contributed by atoms with Crippen LogP contribution in [-0.4, -0.2) is 32.6 Å². The van der Waals surface area contributed by atoms with Crippen LogP contribution in [0, 0.1) is 0 Å². The van der Waals surface area contributed by atoms with E-state index in [1.807, 2.05) is 37.3 Å². The quantitative estimate of drug-likeness (QED) is 0.700. The molecule has 5 heteroatoms. The zero-order chi connectivity index (χ0) is 19.3. The minimum absolute atomic E-state index is 0.447. The molecule has 3 aromatic rings. The average molecular weight is 396 g/mol. The number of benzene rings is 1. The lowest BCUT2D eigenvalue weighted by atomic mass is 9.89. The van der Waals surface area contributed by atoms with Crippen molar-refractivity contribution in [2.45, 2.75) is 50.8 Å². The molecule has 4 heterocycles. The van der Waals surface area contributed by atoms with E-state index in [4.69, 9.17) is 16.6 Å². The molecule has 2 aliphatic rings. The Bertz CT molecular complexity index is 1010. The molecule has 0 spiro atoms. The Kier molecular flexibility index (Phi) is 4.46. The molecule has 146 valence electrons. The van der Waals surface area contributed by atoms with Gasteiger partial charge in [0.25, 0.3) is 0 Å². The van der Waals surface area contributed by atoms with Gasteiger partial charge in [0, 0.05) is 36.3 Å². The number of nitrogens with zero attached hydrogens (tertiary/aromatic N) is 3. The number of hydrogen-bond donors (Lipinski definition) is 1. The maximum Gasteiger partial charge on any atom is 0.140 e. The molecule has 2 atom stereocenters. The van der Waals surface area contributed by atoms with Gasteiger partial charge in [-0.25, -0.2) is 4.98 Å². The Morgan fingerprint density at radius 1 is 1.21 bits per heavy atom. The first-order valence-electron chi connectivity index (χ1n) is 10.2. The Hall–Kier alpha value is -1.88. The summed E-state index contributed by atoms with van der Waals surface area (Å²) in [5, 5.41) is 13.2. The van der Waals surface area contributed by atoms with Crippen LogP contribution in [0.5, 0.6) is 0 Å². The predicted octanol–water partition coefficient (Wildman–Crippen LogP) is 4.68. The summed E-state index contributed by atoms with van der Waals surface area (Å²) >= 11 is 6.34. The fraction of sp³-hybridized carbons (Fsp3) is 0.435. The van der Waals surface area contributed by atoms with Gasteiger partial charge in [-0.05, 0) is 43.5 Å². The number of fused-ring (bicyclic) bond motifs is 5. The summed E-state index contributed by atoms with van der Waals surface area (Å²) < 4.78 is 2.25. The number of pyridine rings is 1. The van der Waals surface area contributed by atoms with Gasteiger partial charge < -0.3 is 9.67 Å². The molecule has 1 aromatic carbocycles. The number of aliphatic hydroxyl groups is 1. The first-order valence-corrected chi connectivity index (χ1v) is 10.6. The summed E-state index contributed by atoms with van der Waals surface area (Å²) in [5.74, 6) is 0. The normalized spacial score (nSPS) is 21.9. The van der Waals surface area contributed by atoms with Crippen LogP contribution in [0.2, 0.25) is 5.02 Å². The van der Waals surface area contributed by atoms with Crippen molar-refractivity contribution in [2.24, 2.45) is 0 Å². The standard InChI is InChI=1S/C23H26ClN3O/c1-23(28,16-7-3-2-4-8-16)15-27-20-10-12-26-11-6-5-9-19(26)21(20)18-13-17(24)14-25-22(18)27/h2-4,7-8,13-14,19,28H,5-6,9-12,15H2,1H3. The van der Waals surface area contributed by atoms with Crippen molar-refractivity contribution in [3.05, 3.63) is 64.4 Å². The van der Waals surface area contributed by atoms with Gasteiger partial charge in [0.1, 0.15) is 11.2 Å². The second-order valence-electron chi connectivity index (χ2n) is 8.41. The number of rotatable bonds is 3. The minimum Gasteiger partial charge on any atom is -0.384 e. The number of hydrogen-bond acceptors (Lipinski definition) is 3. The van der Waals surface area contributed by atoms with Crippen molar-refractivity contribution in [3.8, 4) is 0 Å². The Morgan fingerprint density at radius 3 is 2.86 bits per heavy atom. The van der Waals surface area contributed by atoms with E-state index in [1.165, 1.54) is 37.1 Å². The molecule has 1 N–H and O–H groups in total. The molecule has 2 unspecified atom stereocenters. The third-order valence-electron chi connectivity index (χ3n) is 6.46. The topological polar surface area (TPSA) is 41.3 Å². The Labute approximate surface area is 170 Å². The largest absolute Gasteiger partial charge is 0.384 e. The minimum atomic E-state index is -0.966. The molecule has 5 rings (SSSR count). The lowest BCUT2D eigenvalue weighted by Crippen LogP contribution is -2.39. The van der Waals surface area contributed by atoms with Crippen LogP contribution in [0.25, 0.3) is 11.0 Å². The molecule has 1 saturated heterocycles. The lowest BCUT2D eigenvalue weighted by molar-refractivity contribution is 0.0378.